The Morgan fingerprint density at radius 1 is 0.939 bits per heavy atom. The topological polar surface area (TPSA) is 38.3 Å². The van der Waals surface area contributed by atoms with Gasteiger partial charge in [0.05, 0.1) is 25.6 Å². The summed E-state index contributed by atoms with van der Waals surface area (Å²) in [7, 11) is 0. The van der Waals surface area contributed by atoms with Gasteiger partial charge in [-0.15, -0.1) is 0 Å². The zero-order chi connectivity index (χ0) is 22.7. The van der Waals surface area contributed by atoms with Gasteiger partial charge in [-0.05, 0) is 44.4 Å². The molecule has 4 heteroatoms. The maximum absolute atomic E-state index is 13.6. The molecule has 2 aliphatic heterocycles. The van der Waals surface area contributed by atoms with Gasteiger partial charge >= 0.3 is 0 Å². The van der Waals surface area contributed by atoms with E-state index in [0.717, 1.165) is 59.6 Å². The van der Waals surface area contributed by atoms with E-state index in [9.17, 15) is 4.79 Å². The number of amides is 1. The van der Waals surface area contributed by atoms with Gasteiger partial charge in [-0.2, -0.15) is 0 Å². The molecule has 3 aliphatic rings. The third-order valence-corrected chi connectivity index (χ3v) is 8.08. The van der Waals surface area contributed by atoms with E-state index in [2.05, 4.69) is 18.3 Å². The van der Waals surface area contributed by atoms with Crippen LogP contribution >= 0.6 is 0 Å². The van der Waals surface area contributed by atoms with Crippen LogP contribution in [0, 0.1) is 0 Å². The Morgan fingerprint density at radius 2 is 1.58 bits per heavy atom. The summed E-state index contributed by atoms with van der Waals surface area (Å²) in [4.78, 5) is 13.6. The quantitative estimate of drug-likeness (QED) is 0.563. The molecule has 1 fully saturated rings. The van der Waals surface area contributed by atoms with Gasteiger partial charge in [-0.3, -0.25) is 9.28 Å². The molecule has 0 saturated carbocycles. The normalized spacial score (nSPS) is 27.1. The van der Waals surface area contributed by atoms with Gasteiger partial charge in [0.15, 0.2) is 0 Å². The molecular formula is C29H37N2O2+. The van der Waals surface area contributed by atoms with Crippen molar-refractivity contribution in [3.05, 3.63) is 71.4 Å². The number of benzene rings is 2. The van der Waals surface area contributed by atoms with Crippen molar-refractivity contribution in [2.45, 2.75) is 70.3 Å². The number of hydrogen-bond donors (Lipinski definition) is 1. The van der Waals surface area contributed by atoms with Crippen molar-refractivity contribution < 1.29 is 14.0 Å². The van der Waals surface area contributed by atoms with E-state index in [1.807, 2.05) is 48.5 Å². The Balaban J connectivity index is 1.30. The molecule has 0 unspecified atom stereocenters. The highest BCUT2D eigenvalue weighted by Gasteiger charge is 2.38. The van der Waals surface area contributed by atoms with E-state index < -0.39 is 0 Å². The summed E-state index contributed by atoms with van der Waals surface area (Å²) < 4.78 is 7.22. The van der Waals surface area contributed by atoms with Crippen LogP contribution < -0.4 is 10.1 Å². The van der Waals surface area contributed by atoms with Crippen LogP contribution in [0.5, 0.6) is 11.5 Å². The van der Waals surface area contributed by atoms with E-state index in [-0.39, 0.29) is 17.9 Å². The predicted molar refractivity (Wildman–Crippen MR) is 132 cm³/mol. The minimum absolute atomic E-state index is 0.102. The average Bonchev–Trinajstić information content (AvgIpc) is 2.83. The summed E-state index contributed by atoms with van der Waals surface area (Å²) in [6.45, 7) is 5.77. The standard InChI is InChI=1S/C29H36N2O2/c1-2-31(23-12-6-4-3-5-7-13-23)20-18-22(19-21-31)30-29(32)28-24-14-8-10-16-26(24)33-27-17-11-9-15-25(27)28/h8-12,14-17,22,28H,2-7,13,18-21H2,1H3/p+1/b23-12+. The van der Waals surface area contributed by atoms with Gasteiger partial charge in [0.25, 0.3) is 0 Å². The summed E-state index contributed by atoms with van der Waals surface area (Å²) in [5, 5.41) is 3.43. The van der Waals surface area contributed by atoms with Crippen molar-refractivity contribution in [1.82, 2.24) is 5.32 Å². The number of para-hydroxylation sites is 2. The van der Waals surface area contributed by atoms with E-state index >= 15 is 0 Å². The van der Waals surface area contributed by atoms with Crippen molar-refractivity contribution in [2.75, 3.05) is 19.6 Å². The van der Waals surface area contributed by atoms with Crippen molar-refractivity contribution in [1.29, 1.82) is 0 Å². The maximum atomic E-state index is 13.6. The molecule has 33 heavy (non-hydrogen) atoms. The highest BCUT2D eigenvalue weighted by atomic mass is 16.5. The number of carbonyl (C=O) groups is 1. The summed E-state index contributed by atoms with van der Waals surface area (Å²) in [6.07, 6.45) is 12.5. The molecule has 5 rings (SSSR count). The molecule has 0 spiro atoms. The lowest BCUT2D eigenvalue weighted by Crippen LogP contribution is -2.56. The lowest BCUT2D eigenvalue weighted by atomic mass is 9.86. The van der Waals surface area contributed by atoms with Crippen LogP contribution in [-0.2, 0) is 4.79 Å². The SMILES string of the molecule is CC[N+]1(/C2=C/CCCCCC2)CCC(NC(=O)C2c3ccccc3Oc3ccccc32)CC1. The molecule has 4 nitrogen and oxygen atoms in total. The minimum Gasteiger partial charge on any atom is -0.457 e. The van der Waals surface area contributed by atoms with Crippen LogP contribution in [0.4, 0.5) is 0 Å². The van der Waals surface area contributed by atoms with Crippen molar-refractivity contribution >= 4 is 5.91 Å². The van der Waals surface area contributed by atoms with Gasteiger partial charge in [-0.25, -0.2) is 0 Å². The number of quaternary nitrogens is 1. The van der Waals surface area contributed by atoms with Crippen LogP contribution in [0.15, 0.2) is 60.3 Å². The van der Waals surface area contributed by atoms with Crippen LogP contribution in [0.25, 0.3) is 0 Å². The first kappa shape index (κ1) is 22.2. The third-order valence-electron chi connectivity index (χ3n) is 8.08. The number of piperidine rings is 1. The molecular weight excluding hydrogens is 408 g/mol. The molecule has 0 bridgehead atoms. The van der Waals surface area contributed by atoms with Crippen LogP contribution in [0.1, 0.15) is 75.3 Å². The number of fused-ring (bicyclic) bond motifs is 2. The molecule has 1 aliphatic carbocycles. The largest absolute Gasteiger partial charge is 0.457 e. The minimum atomic E-state index is -0.313. The maximum Gasteiger partial charge on any atom is 0.232 e. The Morgan fingerprint density at radius 3 is 2.24 bits per heavy atom. The highest BCUT2D eigenvalue weighted by molar-refractivity contribution is 5.89. The fraction of sp³-hybridized carbons (Fsp3) is 0.483. The van der Waals surface area contributed by atoms with Gasteiger partial charge in [-0.1, -0.05) is 49.2 Å². The lowest BCUT2D eigenvalue weighted by molar-refractivity contribution is -0.897. The molecule has 2 aromatic rings. The molecule has 0 radical (unpaired) electrons. The fourth-order valence-electron chi connectivity index (χ4n) is 6.10. The van der Waals surface area contributed by atoms with Crippen molar-refractivity contribution in [2.24, 2.45) is 0 Å². The number of likely N-dealkylation sites (tertiary alicyclic amines) is 1. The number of ether oxygens (including phenoxy) is 1. The summed E-state index contributed by atoms with van der Waals surface area (Å²) >= 11 is 0. The predicted octanol–water partition coefficient (Wildman–Crippen LogP) is 6.28. The molecule has 2 heterocycles. The second kappa shape index (κ2) is 9.72. The number of carbonyl (C=O) groups excluding carboxylic acids is 1. The second-order valence-electron chi connectivity index (χ2n) is 9.95. The molecule has 1 N–H and O–H groups in total. The van der Waals surface area contributed by atoms with Gasteiger partial charge in [0.1, 0.15) is 17.2 Å². The van der Waals surface area contributed by atoms with Gasteiger partial charge < -0.3 is 10.1 Å². The molecule has 0 atom stereocenters. The monoisotopic (exact) mass is 445 g/mol. The zero-order valence-corrected chi connectivity index (χ0v) is 19.9. The van der Waals surface area contributed by atoms with E-state index in [4.69, 9.17) is 4.74 Å². The molecule has 0 aromatic heterocycles. The Labute approximate surface area is 198 Å². The molecule has 174 valence electrons. The smallest absolute Gasteiger partial charge is 0.232 e. The first-order valence-electron chi connectivity index (χ1n) is 12.9. The number of hydrogen-bond acceptors (Lipinski definition) is 2. The third kappa shape index (κ3) is 4.46. The summed E-state index contributed by atoms with van der Waals surface area (Å²) in [6, 6.07) is 16.1. The first-order chi connectivity index (χ1) is 16.2. The zero-order valence-electron chi connectivity index (χ0n) is 19.9. The van der Waals surface area contributed by atoms with Gasteiger partial charge in [0.2, 0.25) is 5.91 Å². The van der Waals surface area contributed by atoms with E-state index in [1.54, 1.807) is 5.70 Å². The summed E-state index contributed by atoms with van der Waals surface area (Å²) in [5.74, 6) is 1.37. The highest BCUT2D eigenvalue weighted by Crippen LogP contribution is 2.44. The van der Waals surface area contributed by atoms with Crippen LogP contribution in [-0.4, -0.2) is 36.1 Å². The lowest BCUT2D eigenvalue weighted by Gasteiger charge is -2.45. The van der Waals surface area contributed by atoms with Crippen molar-refractivity contribution in [3.8, 4) is 11.5 Å². The molecule has 2 aromatic carbocycles. The fourth-order valence-corrected chi connectivity index (χ4v) is 6.10. The van der Waals surface area contributed by atoms with Gasteiger partial charge in [0, 0.05) is 36.4 Å². The second-order valence-corrected chi connectivity index (χ2v) is 9.95. The Kier molecular flexibility index (Phi) is 6.55. The number of allylic oxidation sites excluding steroid dienone is 2. The first-order valence-corrected chi connectivity index (χ1v) is 12.9. The Bertz CT molecular complexity index is 974. The number of rotatable bonds is 4. The number of nitrogens with one attached hydrogen (secondary N) is 1. The van der Waals surface area contributed by atoms with Crippen LogP contribution in [0.3, 0.4) is 0 Å². The molecule has 1 saturated heterocycles. The average molecular weight is 446 g/mol. The Hall–Kier alpha value is -2.59. The van der Waals surface area contributed by atoms with E-state index in [1.165, 1.54) is 38.5 Å². The van der Waals surface area contributed by atoms with E-state index in [0.29, 0.717) is 0 Å². The number of nitrogens with zero attached hydrogens (tertiary/aromatic N) is 1. The summed E-state index contributed by atoms with van der Waals surface area (Å²) in [5.41, 5.74) is 3.58. The van der Waals surface area contributed by atoms with Crippen molar-refractivity contribution in [3.63, 3.8) is 0 Å². The molecule has 1 amide bonds. The van der Waals surface area contributed by atoms with Crippen LogP contribution in [0.2, 0.25) is 0 Å².